The molecule has 1 aliphatic carbocycles. The minimum absolute atomic E-state index is 0.0780. The van der Waals surface area contributed by atoms with Gasteiger partial charge >= 0.3 is 6.03 Å². The summed E-state index contributed by atoms with van der Waals surface area (Å²) in [5, 5.41) is 4.34. The first kappa shape index (κ1) is 15.9. The number of nitrogens with one attached hydrogen (secondary N) is 1. The minimum Gasteiger partial charge on any atom is -0.347 e. The lowest BCUT2D eigenvalue weighted by Crippen LogP contribution is -2.44. The van der Waals surface area contributed by atoms with Gasteiger partial charge in [-0.05, 0) is 36.8 Å². The summed E-state index contributed by atoms with van der Waals surface area (Å²) in [5.41, 5.74) is 1.26. The molecule has 0 radical (unpaired) electrons. The SMILES string of the molecule is CN(C(=O)NCCCn1ccc2ccccc21)C1CCCCC1. The molecule has 0 bridgehead atoms. The number of nitrogens with zero attached hydrogens (tertiary/aromatic N) is 2. The molecule has 0 atom stereocenters. The van der Waals surface area contributed by atoms with Crippen LogP contribution in [-0.2, 0) is 6.54 Å². The zero-order valence-electron chi connectivity index (χ0n) is 14.0. The molecule has 1 N–H and O–H groups in total. The highest BCUT2D eigenvalue weighted by molar-refractivity contribution is 5.79. The maximum Gasteiger partial charge on any atom is 0.317 e. The van der Waals surface area contributed by atoms with Crippen molar-refractivity contribution in [3.05, 3.63) is 36.5 Å². The predicted octanol–water partition coefficient (Wildman–Crippen LogP) is 4.01. The second-order valence-electron chi connectivity index (χ2n) is 6.56. The summed E-state index contributed by atoms with van der Waals surface area (Å²) in [6.45, 7) is 1.66. The molecule has 124 valence electrons. The van der Waals surface area contributed by atoms with Gasteiger partial charge in [0.2, 0.25) is 0 Å². The van der Waals surface area contributed by atoms with Gasteiger partial charge in [0.15, 0.2) is 0 Å². The first-order valence-corrected chi connectivity index (χ1v) is 8.80. The lowest BCUT2D eigenvalue weighted by molar-refractivity contribution is 0.173. The van der Waals surface area contributed by atoms with E-state index in [9.17, 15) is 4.79 Å². The number of carbonyl (C=O) groups is 1. The molecule has 2 aromatic rings. The van der Waals surface area contributed by atoms with Crippen molar-refractivity contribution < 1.29 is 4.79 Å². The molecule has 2 amide bonds. The highest BCUT2D eigenvalue weighted by Gasteiger charge is 2.21. The third-order valence-electron chi connectivity index (χ3n) is 4.98. The Morgan fingerprint density at radius 2 is 2.00 bits per heavy atom. The number of aryl methyl sites for hydroxylation is 1. The Labute approximate surface area is 138 Å². The highest BCUT2D eigenvalue weighted by Crippen LogP contribution is 2.21. The van der Waals surface area contributed by atoms with Crippen LogP contribution in [0.2, 0.25) is 0 Å². The number of benzene rings is 1. The van der Waals surface area contributed by atoms with Gasteiger partial charge in [0.05, 0.1) is 0 Å². The van der Waals surface area contributed by atoms with Gasteiger partial charge in [-0.1, -0.05) is 37.5 Å². The Hall–Kier alpha value is -1.97. The maximum absolute atomic E-state index is 12.2. The van der Waals surface area contributed by atoms with Crippen LogP contribution in [0, 0.1) is 0 Å². The van der Waals surface area contributed by atoms with Crippen LogP contribution in [0.5, 0.6) is 0 Å². The molecule has 1 fully saturated rings. The fourth-order valence-electron chi connectivity index (χ4n) is 3.54. The molecule has 0 aliphatic heterocycles. The summed E-state index contributed by atoms with van der Waals surface area (Å²) < 4.78 is 2.26. The Bertz CT molecular complexity index is 643. The van der Waals surface area contributed by atoms with Crippen molar-refractivity contribution in [1.82, 2.24) is 14.8 Å². The van der Waals surface area contributed by atoms with E-state index in [1.807, 2.05) is 11.9 Å². The number of rotatable bonds is 5. The first-order chi connectivity index (χ1) is 11.3. The Kier molecular flexibility index (Phi) is 5.21. The molecular formula is C19H27N3O. The van der Waals surface area contributed by atoms with Gasteiger partial charge < -0.3 is 14.8 Å². The summed E-state index contributed by atoms with van der Waals surface area (Å²) in [7, 11) is 1.94. The monoisotopic (exact) mass is 313 g/mol. The molecule has 1 aliphatic rings. The van der Waals surface area contributed by atoms with E-state index in [2.05, 4.69) is 46.4 Å². The minimum atomic E-state index is 0.0780. The fraction of sp³-hybridized carbons (Fsp3) is 0.526. The van der Waals surface area contributed by atoms with E-state index in [4.69, 9.17) is 0 Å². The number of fused-ring (bicyclic) bond motifs is 1. The number of hydrogen-bond acceptors (Lipinski definition) is 1. The summed E-state index contributed by atoms with van der Waals surface area (Å²) in [6.07, 6.45) is 9.20. The van der Waals surface area contributed by atoms with Crippen LogP contribution < -0.4 is 5.32 Å². The summed E-state index contributed by atoms with van der Waals surface area (Å²) in [6, 6.07) is 11.1. The van der Waals surface area contributed by atoms with Crippen LogP contribution in [-0.4, -0.2) is 35.1 Å². The van der Waals surface area contributed by atoms with E-state index in [0.717, 1.165) is 32.4 Å². The van der Waals surface area contributed by atoms with Gasteiger partial charge in [0.25, 0.3) is 0 Å². The van der Waals surface area contributed by atoms with Crippen LogP contribution in [0.25, 0.3) is 10.9 Å². The molecule has 0 saturated heterocycles. The zero-order chi connectivity index (χ0) is 16.1. The van der Waals surface area contributed by atoms with Crippen molar-refractivity contribution in [3.8, 4) is 0 Å². The molecule has 1 saturated carbocycles. The molecule has 1 heterocycles. The Balaban J connectivity index is 1.43. The van der Waals surface area contributed by atoms with Gasteiger partial charge in [-0.3, -0.25) is 0 Å². The third kappa shape index (κ3) is 3.87. The van der Waals surface area contributed by atoms with Crippen LogP contribution in [0.1, 0.15) is 38.5 Å². The number of carbonyl (C=O) groups excluding carboxylic acids is 1. The topological polar surface area (TPSA) is 37.3 Å². The van der Waals surface area contributed by atoms with Crippen LogP contribution in [0.4, 0.5) is 4.79 Å². The number of urea groups is 1. The number of hydrogen-bond donors (Lipinski definition) is 1. The van der Waals surface area contributed by atoms with E-state index in [1.165, 1.54) is 30.2 Å². The molecule has 23 heavy (non-hydrogen) atoms. The van der Waals surface area contributed by atoms with Crippen LogP contribution >= 0.6 is 0 Å². The third-order valence-corrected chi connectivity index (χ3v) is 4.98. The normalized spacial score (nSPS) is 15.7. The number of aromatic nitrogens is 1. The van der Waals surface area contributed by atoms with Crippen molar-refractivity contribution >= 4 is 16.9 Å². The summed E-state index contributed by atoms with van der Waals surface area (Å²) in [5.74, 6) is 0. The van der Waals surface area contributed by atoms with Crippen molar-refractivity contribution in [1.29, 1.82) is 0 Å². The molecule has 1 aromatic carbocycles. The van der Waals surface area contributed by atoms with E-state index in [1.54, 1.807) is 0 Å². The first-order valence-electron chi connectivity index (χ1n) is 8.80. The molecule has 4 heteroatoms. The van der Waals surface area contributed by atoms with E-state index >= 15 is 0 Å². The molecule has 0 unspecified atom stereocenters. The smallest absolute Gasteiger partial charge is 0.317 e. The quantitative estimate of drug-likeness (QED) is 0.832. The van der Waals surface area contributed by atoms with Crippen LogP contribution in [0.3, 0.4) is 0 Å². The second kappa shape index (κ2) is 7.53. The zero-order valence-corrected chi connectivity index (χ0v) is 14.0. The highest BCUT2D eigenvalue weighted by atomic mass is 16.2. The number of para-hydroxylation sites is 1. The van der Waals surface area contributed by atoms with E-state index in [0.29, 0.717) is 6.04 Å². The maximum atomic E-state index is 12.2. The van der Waals surface area contributed by atoms with Crippen molar-refractivity contribution in [2.24, 2.45) is 0 Å². The summed E-state index contributed by atoms with van der Waals surface area (Å²) >= 11 is 0. The van der Waals surface area contributed by atoms with Crippen molar-refractivity contribution in [2.75, 3.05) is 13.6 Å². The van der Waals surface area contributed by atoms with Crippen LogP contribution in [0.15, 0.2) is 36.5 Å². The largest absolute Gasteiger partial charge is 0.347 e. The second-order valence-corrected chi connectivity index (χ2v) is 6.56. The van der Waals surface area contributed by atoms with Gasteiger partial charge in [-0.25, -0.2) is 4.79 Å². The molecule has 1 aromatic heterocycles. The van der Waals surface area contributed by atoms with Gasteiger partial charge in [-0.15, -0.1) is 0 Å². The van der Waals surface area contributed by atoms with Gasteiger partial charge in [0, 0.05) is 37.9 Å². The van der Waals surface area contributed by atoms with E-state index < -0.39 is 0 Å². The average Bonchev–Trinajstić information content (AvgIpc) is 3.02. The molecule has 3 rings (SSSR count). The Morgan fingerprint density at radius 3 is 2.83 bits per heavy atom. The number of amides is 2. The van der Waals surface area contributed by atoms with Gasteiger partial charge in [0.1, 0.15) is 0 Å². The average molecular weight is 313 g/mol. The molecule has 0 spiro atoms. The predicted molar refractivity (Wildman–Crippen MR) is 94.6 cm³/mol. The van der Waals surface area contributed by atoms with Crippen molar-refractivity contribution in [2.45, 2.75) is 51.1 Å². The van der Waals surface area contributed by atoms with Crippen molar-refractivity contribution in [3.63, 3.8) is 0 Å². The van der Waals surface area contributed by atoms with Gasteiger partial charge in [-0.2, -0.15) is 0 Å². The lowest BCUT2D eigenvalue weighted by atomic mass is 9.95. The molecule has 4 nitrogen and oxygen atoms in total. The summed E-state index contributed by atoms with van der Waals surface area (Å²) in [4.78, 5) is 14.1. The molecular weight excluding hydrogens is 286 g/mol. The Morgan fingerprint density at radius 1 is 1.22 bits per heavy atom. The van der Waals surface area contributed by atoms with E-state index in [-0.39, 0.29) is 6.03 Å². The standard InChI is InChI=1S/C19H27N3O/c1-21(17-9-3-2-4-10-17)19(23)20-13-7-14-22-15-12-16-8-5-6-11-18(16)22/h5-6,8,11-12,15,17H,2-4,7,9-10,13-14H2,1H3,(H,20,23). The lowest BCUT2D eigenvalue weighted by Gasteiger charge is -2.31. The fourth-order valence-corrected chi connectivity index (χ4v) is 3.54.